The van der Waals surface area contributed by atoms with E-state index in [1.807, 2.05) is 6.26 Å². The van der Waals surface area contributed by atoms with Crippen LogP contribution in [-0.2, 0) is 0 Å². The summed E-state index contributed by atoms with van der Waals surface area (Å²) in [6.45, 7) is 1.19. The van der Waals surface area contributed by atoms with Crippen LogP contribution in [0, 0.1) is 0 Å². The first-order chi connectivity index (χ1) is 7.22. The number of carbonyl (C=O) groups is 1. The van der Waals surface area contributed by atoms with E-state index in [-0.39, 0.29) is 11.1 Å². The largest absolute Gasteiger partial charge is 0.367 e. The van der Waals surface area contributed by atoms with E-state index in [0.29, 0.717) is 29.6 Å². The summed E-state index contributed by atoms with van der Waals surface area (Å²) in [6, 6.07) is 0. The highest BCUT2D eigenvalue weighted by molar-refractivity contribution is 7.98. The van der Waals surface area contributed by atoms with Crippen LogP contribution < -0.4 is 10.6 Å². The number of carbonyl (C=O) groups excluding carboxylic acids is 1. The third-order valence-corrected chi connectivity index (χ3v) is 2.78. The lowest BCUT2D eigenvalue weighted by molar-refractivity contribution is 0.0957. The fraction of sp³-hybridized carbons (Fsp3) is 0.375. The fourth-order valence-corrected chi connectivity index (χ4v) is 1.95. The molecule has 2 heterocycles. The fourth-order valence-electron chi connectivity index (χ4n) is 1.28. The summed E-state index contributed by atoms with van der Waals surface area (Å²) in [5, 5.41) is 6.49. The Hall–Kier alpha value is -1.01. The van der Waals surface area contributed by atoms with Crippen LogP contribution in [0.5, 0.6) is 0 Å². The second-order valence-corrected chi connectivity index (χ2v) is 4.04. The van der Waals surface area contributed by atoms with Crippen LogP contribution in [0.3, 0.4) is 0 Å². The number of anilines is 1. The Bertz CT molecular complexity index is 412. The predicted octanol–water partition coefficient (Wildman–Crippen LogP) is 1.01. The second kappa shape index (κ2) is 4.24. The number of aromatic nitrogens is 2. The third kappa shape index (κ3) is 2.00. The topological polar surface area (TPSA) is 66.9 Å². The molecule has 1 amide bonds. The van der Waals surface area contributed by atoms with Crippen molar-refractivity contribution in [2.45, 2.75) is 5.16 Å². The lowest BCUT2D eigenvalue weighted by atomic mass is 10.3. The van der Waals surface area contributed by atoms with E-state index in [0.717, 1.165) is 0 Å². The molecular formula is C8H9ClN4OS. The standard InChI is InChI=1S/C8H9ClN4OS/c1-15-8-12-5(9)4-6(13-8)10-2-3-11-7(4)14/h2-3H2,1H3,(H,11,14)(H,10,12,13). The normalized spacial score (nSPS) is 14.9. The number of nitrogens with zero attached hydrogens (tertiary/aromatic N) is 2. The van der Waals surface area contributed by atoms with Crippen LogP contribution in [0.15, 0.2) is 5.16 Å². The van der Waals surface area contributed by atoms with Crippen LogP contribution in [0.2, 0.25) is 5.15 Å². The Morgan fingerprint density at radius 2 is 2.07 bits per heavy atom. The van der Waals surface area contributed by atoms with Crippen molar-refractivity contribution in [3.63, 3.8) is 0 Å². The molecule has 5 nitrogen and oxygen atoms in total. The second-order valence-electron chi connectivity index (χ2n) is 2.91. The van der Waals surface area contributed by atoms with E-state index in [2.05, 4.69) is 20.6 Å². The molecule has 0 aromatic carbocycles. The molecule has 0 atom stereocenters. The molecule has 2 rings (SSSR count). The molecule has 0 bridgehead atoms. The average Bonchev–Trinajstić information content (AvgIpc) is 2.40. The highest BCUT2D eigenvalue weighted by atomic mass is 35.5. The number of hydrogen-bond donors (Lipinski definition) is 2. The Kier molecular flexibility index (Phi) is 2.97. The zero-order valence-electron chi connectivity index (χ0n) is 8.00. The van der Waals surface area contributed by atoms with Crippen LogP contribution in [0.25, 0.3) is 0 Å². The molecule has 0 aliphatic carbocycles. The van der Waals surface area contributed by atoms with Gasteiger partial charge in [0.15, 0.2) is 5.16 Å². The van der Waals surface area contributed by atoms with Crippen molar-refractivity contribution in [3.8, 4) is 0 Å². The quantitative estimate of drug-likeness (QED) is 0.438. The average molecular weight is 245 g/mol. The van der Waals surface area contributed by atoms with E-state index in [1.165, 1.54) is 11.8 Å². The van der Waals surface area contributed by atoms with E-state index < -0.39 is 0 Å². The first-order valence-corrected chi connectivity index (χ1v) is 5.96. The van der Waals surface area contributed by atoms with Crippen LogP contribution in [-0.4, -0.2) is 35.2 Å². The number of rotatable bonds is 1. The molecule has 0 radical (unpaired) electrons. The Labute approximate surface area is 96.0 Å². The van der Waals surface area contributed by atoms with Crippen molar-refractivity contribution in [1.82, 2.24) is 15.3 Å². The zero-order valence-corrected chi connectivity index (χ0v) is 9.58. The molecule has 0 spiro atoms. The van der Waals surface area contributed by atoms with Crippen LogP contribution in [0.4, 0.5) is 5.82 Å². The summed E-state index contributed by atoms with van der Waals surface area (Å²) in [6.07, 6.45) is 1.86. The van der Waals surface area contributed by atoms with Crippen LogP contribution in [0.1, 0.15) is 10.4 Å². The summed E-state index contributed by atoms with van der Waals surface area (Å²) in [5.74, 6) is 0.280. The van der Waals surface area contributed by atoms with E-state index in [9.17, 15) is 4.79 Å². The predicted molar refractivity (Wildman–Crippen MR) is 59.6 cm³/mol. The molecule has 7 heteroatoms. The zero-order chi connectivity index (χ0) is 10.8. The Morgan fingerprint density at radius 3 is 2.80 bits per heavy atom. The van der Waals surface area contributed by atoms with Gasteiger partial charge < -0.3 is 10.6 Å². The van der Waals surface area contributed by atoms with Gasteiger partial charge in [-0.1, -0.05) is 23.4 Å². The molecule has 0 saturated heterocycles. The lowest BCUT2D eigenvalue weighted by Gasteiger charge is -2.07. The molecule has 0 fully saturated rings. The number of hydrogen-bond acceptors (Lipinski definition) is 5. The van der Waals surface area contributed by atoms with Crippen LogP contribution >= 0.6 is 23.4 Å². The van der Waals surface area contributed by atoms with Gasteiger partial charge in [0.1, 0.15) is 16.5 Å². The summed E-state index contributed by atoms with van der Waals surface area (Å²) in [5.41, 5.74) is 0.326. The maximum Gasteiger partial charge on any atom is 0.258 e. The highest BCUT2D eigenvalue weighted by Crippen LogP contribution is 2.24. The third-order valence-electron chi connectivity index (χ3n) is 1.96. The van der Waals surface area contributed by atoms with E-state index in [4.69, 9.17) is 11.6 Å². The summed E-state index contributed by atoms with van der Waals surface area (Å²) >= 11 is 7.31. The minimum atomic E-state index is -0.229. The number of amides is 1. The van der Waals surface area contributed by atoms with Gasteiger partial charge >= 0.3 is 0 Å². The van der Waals surface area contributed by atoms with Gasteiger partial charge in [-0.05, 0) is 6.26 Å². The van der Waals surface area contributed by atoms with Crippen molar-refractivity contribution in [2.75, 3.05) is 24.7 Å². The van der Waals surface area contributed by atoms with Gasteiger partial charge in [0, 0.05) is 13.1 Å². The minimum absolute atomic E-state index is 0.191. The van der Waals surface area contributed by atoms with Crippen molar-refractivity contribution < 1.29 is 4.79 Å². The Morgan fingerprint density at radius 1 is 1.33 bits per heavy atom. The van der Waals surface area contributed by atoms with Gasteiger partial charge in [-0.2, -0.15) is 0 Å². The maximum atomic E-state index is 11.6. The smallest absolute Gasteiger partial charge is 0.258 e. The van der Waals surface area contributed by atoms with Gasteiger partial charge in [0.25, 0.3) is 5.91 Å². The molecule has 0 unspecified atom stereocenters. The van der Waals surface area contributed by atoms with Gasteiger partial charge in [-0.25, -0.2) is 9.97 Å². The molecule has 1 aliphatic rings. The van der Waals surface area contributed by atoms with Crippen molar-refractivity contribution >= 4 is 35.1 Å². The molecule has 0 saturated carbocycles. The van der Waals surface area contributed by atoms with Gasteiger partial charge in [-0.15, -0.1) is 0 Å². The van der Waals surface area contributed by atoms with Crippen molar-refractivity contribution in [1.29, 1.82) is 0 Å². The first kappa shape index (κ1) is 10.5. The molecular weight excluding hydrogens is 236 g/mol. The van der Waals surface area contributed by atoms with Crippen molar-refractivity contribution in [2.24, 2.45) is 0 Å². The molecule has 15 heavy (non-hydrogen) atoms. The number of thioether (sulfide) groups is 1. The lowest BCUT2D eigenvalue weighted by Crippen LogP contribution is -2.25. The van der Waals surface area contributed by atoms with E-state index >= 15 is 0 Å². The maximum absolute atomic E-state index is 11.6. The number of halogens is 1. The molecule has 2 N–H and O–H groups in total. The summed E-state index contributed by atoms with van der Waals surface area (Å²) in [7, 11) is 0. The summed E-state index contributed by atoms with van der Waals surface area (Å²) in [4.78, 5) is 19.8. The molecule has 1 aromatic rings. The van der Waals surface area contributed by atoms with Gasteiger partial charge in [-0.3, -0.25) is 4.79 Å². The SMILES string of the molecule is CSc1nc(Cl)c2c(n1)NCCNC2=O. The molecule has 1 aliphatic heterocycles. The molecule has 1 aromatic heterocycles. The number of nitrogens with one attached hydrogen (secondary N) is 2. The summed E-state index contributed by atoms with van der Waals surface area (Å²) < 4.78 is 0. The van der Waals surface area contributed by atoms with Gasteiger partial charge in [0.05, 0.1) is 0 Å². The Balaban J connectivity index is 2.54. The highest BCUT2D eigenvalue weighted by Gasteiger charge is 2.21. The molecule has 80 valence electrons. The van der Waals surface area contributed by atoms with Crippen molar-refractivity contribution in [3.05, 3.63) is 10.7 Å². The number of fused-ring (bicyclic) bond motifs is 1. The monoisotopic (exact) mass is 244 g/mol. The van der Waals surface area contributed by atoms with Gasteiger partial charge in [0.2, 0.25) is 0 Å². The van der Waals surface area contributed by atoms with E-state index in [1.54, 1.807) is 0 Å². The minimum Gasteiger partial charge on any atom is -0.367 e. The first-order valence-electron chi connectivity index (χ1n) is 4.36.